The zero-order valence-electron chi connectivity index (χ0n) is 20.6. The van der Waals surface area contributed by atoms with Gasteiger partial charge in [0.2, 0.25) is 11.7 Å². The van der Waals surface area contributed by atoms with Gasteiger partial charge in [-0.05, 0) is 12.8 Å². The van der Waals surface area contributed by atoms with E-state index in [2.05, 4.69) is 20.1 Å². The second-order valence-electron chi connectivity index (χ2n) is 9.30. The van der Waals surface area contributed by atoms with Gasteiger partial charge >= 0.3 is 5.69 Å². The summed E-state index contributed by atoms with van der Waals surface area (Å²) < 4.78 is 5.47. The monoisotopic (exact) mass is 498 g/mol. The molecule has 10 heteroatoms. The topological polar surface area (TPSA) is 128 Å². The minimum atomic E-state index is -0.465. The third-order valence-corrected chi connectivity index (χ3v) is 6.57. The number of hydrogen-bond acceptors (Lipinski definition) is 9. The molecule has 4 aromatic rings. The summed E-state index contributed by atoms with van der Waals surface area (Å²) in [5, 5.41) is 16.4. The highest BCUT2D eigenvalue weighted by Gasteiger charge is 2.33. The quantitative estimate of drug-likeness (QED) is 0.192. The van der Waals surface area contributed by atoms with Gasteiger partial charge in [0.05, 0.1) is 4.92 Å². The Morgan fingerprint density at radius 3 is 2.43 bits per heavy atom. The van der Waals surface area contributed by atoms with E-state index >= 15 is 0 Å². The number of nitro groups is 1. The maximum Gasteiger partial charge on any atom is 0.337 e. The Morgan fingerprint density at radius 1 is 1.05 bits per heavy atom. The number of ketones is 1. The standard InChI is InChI=1S/C27H26N6O4/c1-17(2)25-30-27(37-31-25)19-12-14-32(15-13-19)26-23(33(35)36)22(28-16-29-26)20-10-6-7-11-21(20)24(34)18-8-4-3-5-9-18/h3-11,16-17,19H,12-15H2,1-2H3. The zero-order valence-corrected chi connectivity index (χ0v) is 20.6. The van der Waals surface area contributed by atoms with Gasteiger partial charge in [0, 0.05) is 41.6 Å². The molecule has 3 heterocycles. The van der Waals surface area contributed by atoms with E-state index < -0.39 is 4.92 Å². The van der Waals surface area contributed by atoms with E-state index in [1.807, 2.05) is 24.8 Å². The van der Waals surface area contributed by atoms with Crippen LogP contribution in [0.2, 0.25) is 0 Å². The molecule has 0 spiro atoms. The molecule has 1 aliphatic heterocycles. The van der Waals surface area contributed by atoms with Crippen LogP contribution in [0.5, 0.6) is 0 Å². The number of piperidine rings is 1. The van der Waals surface area contributed by atoms with Crippen molar-refractivity contribution in [3.05, 3.63) is 93.9 Å². The fourth-order valence-electron chi connectivity index (χ4n) is 4.58. The highest BCUT2D eigenvalue weighted by molar-refractivity contribution is 6.13. The summed E-state index contributed by atoms with van der Waals surface area (Å²) in [6.45, 7) is 5.08. The lowest BCUT2D eigenvalue weighted by atomic mass is 9.95. The van der Waals surface area contributed by atoms with Crippen molar-refractivity contribution < 1.29 is 14.2 Å². The molecule has 0 radical (unpaired) electrons. The van der Waals surface area contributed by atoms with Crippen molar-refractivity contribution in [2.45, 2.75) is 38.5 Å². The average Bonchev–Trinajstić information content (AvgIpc) is 3.44. The van der Waals surface area contributed by atoms with Crippen molar-refractivity contribution >= 4 is 17.3 Å². The molecule has 1 aliphatic rings. The summed E-state index contributed by atoms with van der Waals surface area (Å²) in [5.74, 6) is 1.56. The molecule has 10 nitrogen and oxygen atoms in total. The number of carbonyl (C=O) groups excluding carboxylic acids is 1. The molecule has 1 saturated heterocycles. The van der Waals surface area contributed by atoms with Crippen molar-refractivity contribution in [2.24, 2.45) is 0 Å². The Morgan fingerprint density at radius 2 is 1.76 bits per heavy atom. The number of rotatable bonds is 7. The Kier molecular flexibility index (Phi) is 6.72. The zero-order chi connectivity index (χ0) is 25.9. The summed E-state index contributed by atoms with van der Waals surface area (Å²) >= 11 is 0. The Hall–Kier alpha value is -4.47. The van der Waals surface area contributed by atoms with Gasteiger partial charge in [-0.3, -0.25) is 14.9 Å². The lowest BCUT2D eigenvalue weighted by molar-refractivity contribution is -0.383. The fourth-order valence-corrected chi connectivity index (χ4v) is 4.58. The summed E-state index contributed by atoms with van der Waals surface area (Å²) in [6.07, 6.45) is 2.71. The minimum absolute atomic E-state index is 0.0841. The van der Waals surface area contributed by atoms with Gasteiger partial charge in [-0.2, -0.15) is 4.98 Å². The third-order valence-electron chi connectivity index (χ3n) is 6.57. The van der Waals surface area contributed by atoms with Crippen LogP contribution in [-0.4, -0.2) is 43.9 Å². The highest BCUT2D eigenvalue weighted by atomic mass is 16.6. The average molecular weight is 499 g/mol. The van der Waals surface area contributed by atoms with Crippen molar-refractivity contribution in [2.75, 3.05) is 18.0 Å². The van der Waals surface area contributed by atoms with E-state index in [4.69, 9.17) is 4.52 Å². The number of carbonyl (C=O) groups is 1. The van der Waals surface area contributed by atoms with Crippen LogP contribution >= 0.6 is 0 Å². The summed E-state index contributed by atoms with van der Waals surface area (Å²) in [4.78, 5) is 40.2. The number of nitrogens with zero attached hydrogens (tertiary/aromatic N) is 6. The second-order valence-corrected chi connectivity index (χ2v) is 9.30. The lowest BCUT2D eigenvalue weighted by Gasteiger charge is -2.31. The highest BCUT2D eigenvalue weighted by Crippen LogP contribution is 2.39. The van der Waals surface area contributed by atoms with Gasteiger partial charge in [0.15, 0.2) is 17.3 Å². The number of hydrogen-bond donors (Lipinski definition) is 0. The smallest absolute Gasteiger partial charge is 0.337 e. The van der Waals surface area contributed by atoms with Crippen LogP contribution in [0.15, 0.2) is 65.4 Å². The molecule has 188 valence electrons. The SMILES string of the molecule is CC(C)c1noc(C2CCN(c3ncnc(-c4ccccc4C(=O)c4ccccc4)c3[N+](=O)[O-])CC2)n1. The lowest BCUT2D eigenvalue weighted by Crippen LogP contribution is -2.34. The summed E-state index contributed by atoms with van der Waals surface area (Å²) in [5.41, 5.74) is 1.14. The normalized spacial score (nSPS) is 14.2. The molecule has 1 fully saturated rings. The molecule has 0 amide bonds. The predicted octanol–water partition coefficient (Wildman–Crippen LogP) is 5.17. The Labute approximate surface area is 213 Å². The van der Waals surface area contributed by atoms with Gasteiger partial charge in [-0.1, -0.05) is 73.6 Å². The molecule has 0 bridgehead atoms. The Balaban J connectivity index is 1.46. The van der Waals surface area contributed by atoms with Crippen LogP contribution < -0.4 is 4.90 Å². The van der Waals surface area contributed by atoms with Crippen LogP contribution in [0.4, 0.5) is 11.5 Å². The molecule has 0 unspecified atom stereocenters. The Bertz CT molecular complexity index is 1430. The largest absolute Gasteiger partial charge is 0.351 e. The first kappa shape index (κ1) is 24.2. The molecule has 5 rings (SSSR count). The van der Waals surface area contributed by atoms with Gasteiger partial charge < -0.3 is 9.42 Å². The molecule has 2 aromatic heterocycles. The van der Waals surface area contributed by atoms with Gasteiger partial charge in [-0.25, -0.2) is 9.97 Å². The number of aromatic nitrogens is 4. The predicted molar refractivity (Wildman–Crippen MR) is 137 cm³/mol. The summed E-state index contributed by atoms with van der Waals surface area (Å²) in [6, 6.07) is 15.7. The second kappa shape index (κ2) is 10.3. The summed E-state index contributed by atoms with van der Waals surface area (Å²) in [7, 11) is 0. The van der Waals surface area contributed by atoms with E-state index in [9.17, 15) is 14.9 Å². The molecular weight excluding hydrogens is 472 g/mol. The van der Waals surface area contributed by atoms with E-state index in [1.54, 1.807) is 48.5 Å². The van der Waals surface area contributed by atoms with E-state index in [1.165, 1.54) is 6.33 Å². The van der Waals surface area contributed by atoms with E-state index in [0.29, 0.717) is 54.3 Å². The fraction of sp³-hybridized carbons (Fsp3) is 0.296. The maximum atomic E-state index is 13.3. The van der Waals surface area contributed by atoms with Crippen molar-refractivity contribution in [3.8, 4) is 11.3 Å². The molecule has 2 aromatic carbocycles. The first-order valence-corrected chi connectivity index (χ1v) is 12.2. The minimum Gasteiger partial charge on any atom is -0.351 e. The van der Waals surface area contributed by atoms with Gasteiger partial charge in [0.25, 0.3) is 0 Å². The molecule has 37 heavy (non-hydrogen) atoms. The van der Waals surface area contributed by atoms with Gasteiger partial charge in [-0.15, -0.1) is 0 Å². The van der Waals surface area contributed by atoms with Crippen LogP contribution in [0, 0.1) is 10.1 Å². The van der Waals surface area contributed by atoms with Crippen molar-refractivity contribution in [1.82, 2.24) is 20.1 Å². The molecule has 0 saturated carbocycles. The van der Waals surface area contributed by atoms with E-state index in [0.717, 1.165) is 0 Å². The number of benzene rings is 2. The number of anilines is 1. The van der Waals surface area contributed by atoms with Crippen molar-refractivity contribution in [1.29, 1.82) is 0 Å². The first-order valence-electron chi connectivity index (χ1n) is 12.2. The van der Waals surface area contributed by atoms with Crippen LogP contribution in [0.25, 0.3) is 11.3 Å². The molecule has 0 N–H and O–H groups in total. The molecular formula is C27H26N6O4. The van der Waals surface area contributed by atoms with E-state index in [-0.39, 0.29) is 34.8 Å². The molecule has 0 aliphatic carbocycles. The third kappa shape index (κ3) is 4.82. The van der Waals surface area contributed by atoms with Crippen LogP contribution in [0.3, 0.4) is 0 Å². The molecule has 0 atom stereocenters. The van der Waals surface area contributed by atoms with Crippen LogP contribution in [-0.2, 0) is 0 Å². The first-order chi connectivity index (χ1) is 17.9. The maximum absolute atomic E-state index is 13.3. The van der Waals surface area contributed by atoms with Crippen molar-refractivity contribution in [3.63, 3.8) is 0 Å². The van der Waals surface area contributed by atoms with Gasteiger partial charge in [0.1, 0.15) is 6.33 Å². The van der Waals surface area contributed by atoms with Crippen LogP contribution in [0.1, 0.15) is 66.2 Å².